The second-order valence-electron chi connectivity index (χ2n) is 7.21. The van der Waals surface area contributed by atoms with E-state index in [9.17, 15) is 9.59 Å². The summed E-state index contributed by atoms with van der Waals surface area (Å²) in [4.78, 5) is 31.6. The van der Waals surface area contributed by atoms with Crippen molar-refractivity contribution >= 4 is 17.5 Å². The Kier molecular flexibility index (Phi) is 4.94. The van der Waals surface area contributed by atoms with Gasteiger partial charge < -0.3 is 9.80 Å². The molecular formula is C20H25N5O2. The molecule has 1 aromatic heterocycles. The van der Waals surface area contributed by atoms with E-state index < -0.39 is 0 Å². The first-order valence-electron chi connectivity index (χ1n) is 9.52. The second kappa shape index (κ2) is 7.52. The number of nitrogens with zero attached hydrogens (tertiary/aromatic N) is 5. The van der Waals surface area contributed by atoms with Crippen molar-refractivity contribution in [3.05, 3.63) is 48.3 Å². The molecule has 0 N–H and O–H groups in total. The summed E-state index contributed by atoms with van der Waals surface area (Å²) in [5, 5.41) is 4.19. The Morgan fingerprint density at radius 1 is 1.07 bits per heavy atom. The van der Waals surface area contributed by atoms with Crippen LogP contribution in [0.4, 0.5) is 5.69 Å². The zero-order chi connectivity index (χ0) is 18.8. The Morgan fingerprint density at radius 3 is 2.48 bits per heavy atom. The van der Waals surface area contributed by atoms with Gasteiger partial charge in [-0.05, 0) is 25.0 Å². The van der Waals surface area contributed by atoms with E-state index in [-0.39, 0.29) is 17.9 Å². The molecule has 4 rings (SSSR count). The summed E-state index contributed by atoms with van der Waals surface area (Å²) in [5.41, 5.74) is 1.59. The van der Waals surface area contributed by atoms with E-state index in [1.165, 1.54) is 0 Å². The first-order chi connectivity index (χ1) is 13.1. The summed E-state index contributed by atoms with van der Waals surface area (Å²) < 4.78 is 1.72. The molecular weight excluding hydrogens is 342 g/mol. The topological polar surface area (TPSA) is 61.7 Å². The van der Waals surface area contributed by atoms with Gasteiger partial charge in [0, 0.05) is 51.5 Å². The number of aromatic nitrogens is 2. The van der Waals surface area contributed by atoms with Crippen LogP contribution >= 0.6 is 0 Å². The zero-order valence-corrected chi connectivity index (χ0v) is 15.6. The predicted molar refractivity (Wildman–Crippen MR) is 103 cm³/mol. The maximum atomic E-state index is 13.0. The number of hydrogen-bond donors (Lipinski definition) is 0. The van der Waals surface area contributed by atoms with Crippen molar-refractivity contribution in [1.29, 1.82) is 0 Å². The van der Waals surface area contributed by atoms with Gasteiger partial charge >= 0.3 is 0 Å². The van der Waals surface area contributed by atoms with Crippen molar-refractivity contribution in [2.45, 2.75) is 18.9 Å². The van der Waals surface area contributed by atoms with Crippen molar-refractivity contribution in [3.63, 3.8) is 0 Å². The second-order valence-corrected chi connectivity index (χ2v) is 7.21. The number of hydrogen-bond acceptors (Lipinski definition) is 4. The summed E-state index contributed by atoms with van der Waals surface area (Å²) in [6.45, 7) is 3.52. The Balaban J connectivity index is 1.39. The van der Waals surface area contributed by atoms with Crippen molar-refractivity contribution in [2.24, 2.45) is 7.05 Å². The van der Waals surface area contributed by atoms with E-state index in [1.54, 1.807) is 10.9 Å². The molecule has 0 bridgehead atoms. The molecule has 0 saturated carbocycles. The molecule has 2 amide bonds. The standard InChI is InChI=1S/C20H25N5O2/c1-22-15-17(14-21-22)25-9-5-8-18(20(25)27)23-10-12-24(13-11-23)19(26)16-6-3-2-4-7-16/h2-4,6-7,14-15,18H,5,8-13H2,1H3. The molecule has 1 aromatic carbocycles. The fraction of sp³-hybridized carbons (Fsp3) is 0.450. The van der Waals surface area contributed by atoms with E-state index in [2.05, 4.69) is 10.00 Å². The van der Waals surface area contributed by atoms with Crippen LogP contribution in [0, 0.1) is 0 Å². The van der Waals surface area contributed by atoms with E-state index in [0.29, 0.717) is 13.1 Å². The number of aryl methyl sites for hydroxylation is 1. The predicted octanol–water partition coefficient (Wildman–Crippen LogP) is 1.37. The van der Waals surface area contributed by atoms with Crippen LogP contribution in [0.2, 0.25) is 0 Å². The summed E-state index contributed by atoms with van der Waals surface area (Å²) in [5.74, 6) is 0.222. The van der Waals surface area contributed by atoms with Crippen molar-refractivity contribution in [2.75, 3.05) is 37.6 Å². The Hall–Kier alpha value is -2.67. The third-order valence-electron chi connectivity index (χ3n) is 5.48. The van der Waals surface area contributed by atoms with Gasteiger partial charge in [-0.1, -0.05) is 18.2 Å². The van der Waals surface area contributed by atoms with E-state index in [0.717, 1.165) is 43.7 Å². The van der Waals surface area contributed by atoms with Gasteiger partial charge in [-0.3, -0.25) is 19.2 Å². The SMILES string of the molecule is Cn1cc(N2CCCC(N3CCN(C(=O)c4ccccc4)CC3)C2=O)cn1. The van der Waals surface area contributed by atoms with Crippen LogP contribution in [-0.2, 0) is 11.8 Å². The lowest BCUT2D eigenvalue weighted by atomic mass is 10.0. The average Bonchev–Trinajstić information content (AvgIpc) is 3.14. The molecule has 0 spiro atoms. The summed E-state index contributed by atoms with van der Waals surface area (Å²) in [6.07, 6.45) is 5.49. The molecule has 3 heterocycles. The van der Waals surface area contributed by atoms with Crippen LogP contribution < -0.4 is 4.90 Å². The number of piperazine rings is 1. The maximum absolute atomic E-state index is 13.0. The van der Waals surface area contributed by atoms with E-state index in [4.69, 9.17) is 0 Å². The van der Waals surface area contributed by atoms with E-state index in [1.807, 2.05) is 53.4 Å². The lowest BCUT2D eigenvalue weighted by Gasteiger charge is -2.42. The number of rotatable bonds is 3. The number of amides is 2. The maximum Gasteiger partial charge on any atom is 0.253 e. The van der Waals surface area contributed by atoms with Gasteiger partial charge in [-0.2, -0.15) is 5.10 Å². The molecule has 2 aromatic rings. The van der Waals surface area contributed by atoms with Gasteiger partial charge in [0.05, 0.1) is 17.9 Å². The van der Waals surface area contributed by atoms with Gasteiger partial charge in [0.1, 0.15) is 0 Å². The number of carbonyl (C=O) groups excluding carboxylic acids is 2. The lowest BCUT2D eigenvalue weighted by Crippen LogP contribution is -2.58. The van der Waals surface area contributed by atoms with Crippen molar-refractivity contribution in [1.82, 2.24) is 19.6 Å². The molecule has 27 heavy (non-hydrogen) atoms. The Bertz CT molecular complexity index is 811. The van der Waals surface area contributed by atoms with Crippen LogP contribution in [0.25, 0.3) is 0 Å². The molecule has 2 fully saturated rings. The fourth-order valence-corrected chi connectivity index (χ4v) is 4.00. The number of piperidine rings is 1. The molecule has 1 atom stereocenters. The molecule has 0 radical (unpaired) electrons. The quantitative estimate of drug-likeness (QED) is 0.822. The molecule has 2 saturated heterocycles. The number of anilines is 1. The monoisotopic (exact) mass is 367 g/mol. The molecule has 7 nitrogen and oxygen atoms in total. The third-order valence-corrected chi connectivity index (χ3v) is 5.48. The first kappa shape index (κ1) is 17.7. The number of carbonyl (C=O) groups is 2. The van der Waals surface area contributed by atoms with Crippen LogP contribution in [0.15, 0.2) is 42.7 Å². The molecule has 2 aliphatic rings. The highest BCUT2D eigenvalue weighted by Crippen LogP contribution is 2.24. The molecule has 7 heteroatoms. The highest BCUT2D eigenvalue weighted by Gasteiger charge is 2.36. The Morgan fingerprint density at radius 2 is 1.81 bits per heavy atom. The normalized spacial score (nSPS) is 21.5. The first-order valence-corrected chi connectivity index (χ1v) is 9.52. The summed E-state index contributed by atoms with van der Waals surface area (Å²) >= 11 is 0. The minimum absolute atomic E-state index is 0.0715. The van der Waals surface area contributed by atoms with Crippen LogP contribution in [-0.4, -0.2) is 70.2 Å². The molecule has 142 valence electrons. The summed E-state index contributed by atoms with van der Waals surface area (Å²) in [6, 6.07) is 9.29. The van der Waals surface area contributed by atoms with Crippen LogP contribution in [0.5, 0.6) is 0 Å². The molecule has 1 unspecified atom stereocenters. The lowest BCUT2D eigenvalue weighted by molar-refractivity contribution is -0.126. The minimum atomic E-state index is -0.104. The van der Waals surface area contributed by atoms with Gasteiger partial charge in [0.25, 0.3) is 5.91 Å². The average molecular weight is 367 g/mol. The molecule has 2 aliphatic heterocycles. The van der Waals surface area contributed by atoms with Gasteiger partial charge in [0.2, 0.25) is 5.91 Å². The van der Waals surface area contributed by atoms with E-state index >= 15 is 0 Å². The van der Waals surface area contributed by atoms with Gasteiger partial charge in [-0.25, -0.2) is 0 Å². The zero-order valence-electron chi connectivity index (χ0n) is 15.6. The molecule has 0 aliphatic carbocycles. The summed E-state index contributed by atoms with van der Waals surface area (Å²) in [7, 11) is 1.86. The Labute approximate surface area is 159 Å². The highest BCUT2D eigenvalue weighted by atomic mass is 16.2. The highest BCUT2D eigenvalue weighted by molar-refractivity contribution is 5.98. The minimum Gasteiger partial charge on any atom is -0.336 e. The van der Waals surface area contributed by atoms with Gasteiger partial charge in [-0.15, -0.1) is 0 Å². The number of benzene rings is 1. The van der Waals surface area contributed by atoms with Crippen molar-refractivity contribution in [3.8, 4) is 0 Å². The van der Waals surface area contributed by atoms with Gasteiger partial charge in [0.15, 0.2) is 0 Å². The third kappa shape index (κ3) is 3.60. The van der Waals surface area contributed by atoms with Crippen LogP contribution in [0.3, 0.4) is 0 Å². The van der Waals surface area contributed by atoms with Crippen molar-refractivity contribution < 1.29 is 9.59 Å². The smallest absolute Gasteiger partial charge is 0.253 e. The largest absolute Gasteiger partial charge is 0.336 e. The van der Waals surface area contributed by atoms with Crippen LogP contribution in [0.1, 0.15) is 23.2 Å². The fourth-order valence-electron chi connectivity index (χ4n) is 4.00.